The van der Waals surface area contributed by atoms with Crippen molar-refractivity contribution in [2.75, 3.05) is 24.0 Å². The fraction of sp³-hybridized carbons (Fsp3) is 0.625. The minimum atomic E-state index is -1.09. The quantitative estimate of drug-likeness (QED) is 0.297. The lowest BCUT2D eigenvalue weighted by atomic mass is 10.1. The highest BCUT2D eigenvalue weighted by atomic mass is 32.2. The van der Waals surface area contributed by atoms with Gasteiger partial charge in [-0.3, -0.25) is 9.59 Å². The number of aromatic amines is 1. The number of nitrogens with zero attached hydrogens (tertiary/aromatic N) is 1. The molecule has 6 N–H and O–H groups in total. The molecule has 1 rings (SSSR count). The van der Waals surface area contributed by atoms with E-state index in [1.54, 1.807) is 6.20 Å². The van der Waals surface area contributed by atoms with E-state index < -0.39 is 35.9 Å². The van der Waals surface area contributed by atoms with Gasteiger partial charge in [-0.1, -0.05) is 0 Å². The fourth-order valence-corrected chi connectivity index (χ4v) is 3.22. The summed E-state index contributed by atoms with van der Waals surface area (Å²) in [7, 11) is 0. The van der Waals surface area contributed by atoms with Crippen molar-refractivity contribution in [2.24, 2.45) is 5.73 Å². The molecule has 1 heterocycles. The second-order valence-electron chi connectivity index (χ2n) is 5.91. The van der Waals surface area contributed by atoms with Crippen molar-refractivity contribution in [2.45, 2.75) is 37.4 Å². The molecule has 0 aliphatic carbocycles. The van der Waals surface area contributed by atoms with Crippen LogP contribution in [0.3, 0.4) is 0 Å². The molecular formula is C16H27N5O4S2. The van der Waals surface area contributed by atoms with Crippen LogP contribution < -0.4 is 16.4 Å². The molecule has 152 valence electrons. The zero-order valence-corrected chi connectivity index (χ0v) is 17.1. The van der Waals surface area contributed by atoms with E-state index >= 15 is 0 Å². The minimum Gasteiger partial charge on any atom is -0.480 e. The number of H-pyrrole nitrogens is 1. The number of nitrogens with one attached hydrogen (secondary N) is 3. The van der Waals surface area contributed by atoms with E-state index in [9.17, 15) is 19.5 Å². The zero-order valence-electron chi connectivity index (χ0n) is 15.4. The van der Waals surface area contributed by atoms with E-state index in [0.717, 1.165) is 0 Å². The number of hydrogen-bond donors (Lipinski definition) is 5. The maximum absolute atomic E-state index is 12.5. The fourth-order valence-electron chi connectivity index (χ4n) is 2.27. The topological polar surface area (TPSA) is 150 Å². The highest BCUT2D eigenvalue weighted by Gasteiger charge is 2.27. The molecule has 0 saturated carbocycles. The van der Waals surface area contributed by atoms with E-state index in [4.69, 9.17) is 5.73 Å². The number of carboxylic acid groups (broad SMARTS) is 1. The number of hydrogen-bond acceptors (Lipinski definition) is 7. The standard InChI is InChI=1S/C16H27N5O4S2/c1-26-5-3-12(15(23)21-13(16(24)25)4-6-27-2)20-14(22)11(17)7-10-8-18-9-19-10/h8-9,11-13H,3-7,17H2,1-2H3,(H,18,19)(H,20,22)(H,21,23)(H,24,25)/t11-,12-,13-/m0/s1. The third-order valence-corrected chi connectivity index (χ3v) is 5.09. The average Bonchev–Trinajstić information content (AvgIpc) is 3.14. The smallest absolute Gasteiger partial charge is 0.326 e. The number of carboxylic acids is 1. The first-order valence-electron chi connectivity index (χ1n) is 8.43. The van der Waals surface area contributed by atoms with Crippen molar-refractivity contribution >= 4 is 41.3 Å². The summed E-state index contributed by atoms with van der Waals surface area (Å²) in [5.74, 6) is -0.838. The van der Waals surface area contributed by atoms with Crippen LogP contribution in [0.4, 0.5) is 0 Å². The Bertz CT molecular complexity index is 600. The van der Waals surface area contributed by atoms with Crippen molar-refractivity contribution in [3.05, 3.63) is 18.2 Å². The number of aliphatic carboxylic acids is 1. The normalized spacial score (nSPS) is 14.2. The lowest BCUT2D eigenvalue weighted by Gasteiger charge is -2.22. The summed E-state index contributed by atoms with van der Waals surface area (Å²) in [6.45, 7) is 0. The van der Waals surface area contributed by atoms with Gasteiger partial charge in [0.2, 0.25) is 11.8 Å². The highest BCUT2D eigenvalue weighted by molar-refractivity contribution is 7.98. The molecule has 2 amide bonds. The number of amides is 2. The minimum absolute atomic E-state index is 0.258. The summed E-state index contributed by atoms with van der Waals surface area (Å²) < 4.78 is 0. The van der Waals surface area contributed by atoms with E-state index in [2.05, 4.69) is 20.6 Å². The van der Waals surface area contributed by atoms with Gasteiger partial charge in [-0.25, -0.2) is 9.78 Å². The van der Waals surface area contributed by atoms with Crippen molar-refractivity contribution in [1.82, 2.24) is 20.6 Å². The zero-order chi connectivity index (χ0) is 20.2. The van der Waals surface area contributed by atoms with E-state index in [1.165, 1.54) is 29.9 Å². The van der Waals surface area contributed by atoms with Crippen LogP contribution in [0.5, 0.6) is 0 Å². The predicted octanol–water partition coefficient (Wildman–Crippen LogP) is -0.160. The van der Waals surface area contributed by atoms with Gasteiger partial charge in [0, 0.05) is 18.3 Å². The Morgan fingerprint density at radius 2 is 1.74 bits per heavy atom. The second-order valence-corrected chi connectivity index (χ2v) is 7.88. The Kier molecular flexibility index (Phi) is 10.9. The summed E-state index contributed by atoms with van der Waals surface area (Å²) in [5.41, 5.74) is 6.62. The number of rotatable bonds is 13. The summed E-state index contributed by atoms with van der Waals surface area (Å²) in [4.78, 5) is 43.0. The number of imidazole rings is 1. The van der Waals surface area contributed by atoms with Gasteiger partial charge in [0.05, 0.1) is 12.4 Å². The molecule has 0 fully saturated rings. The first-order valence-corrected chi connectivity index (χ1v) is 11.2. The van der Waals surface area contributed by atoms with Crippen molar-refractivity contribution < 1.29 is 19.5 Å². The van der Waals surface area contributed by atoms with Gasteiger partial charge in [0.15, 0.2) is 0 Å². The maximum atomic E-state index is 12.5. The third-order valence-electron chi connectivity index (χ3n) is 3.80. The first-order chi connectivity index (χ1) is 12.9. The van der Waals surface area contributed by atoms with Gasteiger partial charge in [-0.05, 0) is 36.9 Å². The largest absolute Gasteiger partial charge is 0.480 e. The molecule has 0 saturated heterocycles. The molecule has 0 aromatic carbocycles. The van der Waals surface area contributed by atoms with Crippen LogP contribution in [-0.2, 0) is 20.8 Å². The van der Waals surface area contributed by atoms with Gasteiger partial charge in [0.1, 0.15) is 12.1 Å². The SMILES string of the molecule is CSCC[C@H](NC(=O)[C@H](CCSC)NC(=O)[C@@H](N)Cc1cnc[nH]1)C(=O)O. The van der Waals surface area contributed by atoms with Gasteiger partial charge in [0.25, 0.3) is 0 Å². The van der Waals surface area contributed by atoms with Gasteiger partial charge in [-0.2, -0.15) is 23.5 Å². The van der Waals surface area contributed by atoms with Gasteiger partial charge in [-0.15, -0.1) is 0 Å². The molecule has 0 unspecified atom stereocenters. The van der Waals surface area contributed by atoms with Crippen LogP contribution in [0.15, 0.2) is 12.5 Å². The van der Waals surface area contributed by atoms with Crippen molar-refractivity contribution in [3.8, 4) is 0 Å². The molecule has 11 heteroatoms. The Morgan fingerprint density at radius 3 is 2.26 bits per heavy atom. The second kappa shape index (κ2) is 12.6. The molecule has 1 aromatic heterocycles. The van der Waals surface area contributed by atoms with E-state index in [1.807, 2.05) is 12.5 Å². The highest BCUT2D eigenvalue weighted by Crippen LogP contribution is 2.06. The van der Waals surface area contributed by atoms with Crippen molar-refractivity contribution in [3.63, 3.8) is 0 Å². The van der Waals surface area contributed by atoms with Crippen LogP contribution in [0.1, 0.15) is 18.5 Å². The number of carbonyl (C=O) groups is 3. The van der Waals surface area contributed by atoms with Crippen LogP contribution in [0.25, 0.3) is 0 Å². The molecule has 0 aliphatic heterocycles. The lowest BCUT2D eigenvalue weighted by Crippen LogP contribution is -2.55. The summed E-state index contributed by atoms with van der Waals surface area (Å²) in [6.07, 6.45) is 7.77. The van der Waals surface area contributed by atoms with Crippen LogP contribution in [0.2, 0.25) is 0 Å². The van der Waals surface area contributed by atoms with Crippen LogP contribution >= 0.6 is 23.5 Å². The Labute approximate surface area is 167 Å². The Hall–Kier alpha value is -1.72. The number of thioether (sulfide) groups is 2. The predicted molar refractivity (Wildman–Crippen MR) is 108 cm³/mol. The molecule has 0 bridgehead atoms. The van der Waals surface area contributed by atoms with Gasteiger partial charge >= 0.3 is 5.97 Å². The summed E-state index contributed by atoms with van der Waals surface area (Å²) >= 11 is 3.03. The third kappa shape index (κ3) is 8.67. The van der Waals surface area contributed by atoms with Gasteiger partial charge < -0.3 is 26.5 Å². The molecular weight excluding hydrogens is 390 g/mol. The van der Waals surface area contributed by atoms with Crippen LogP contribution in [0, 0.1) is 0 Å². The first kappa shape index (κ1) is 23.3. The van der Waals surface area contributed by atoms with E-state index in [0.29, 0.717) is 30.0 Å². The maximum Gasteiger partial charge on any atom is 0.326 e. The molecule has 3 atom stereocenters. The molecule has 9 nitrogen and oxygen atoms in total. The van der Waals surface area contributed by atoms with Crippen molar-refractivity contribution in [1.29, 1.82) is 0 Å². The Morgan fingerprint density at radius 1 is 1.15 bits per heavy atom. The monoisotopic (exact) mass is 417 g/mol. The number of carbonyl (C=O) groups excluding carboxylic acids is 2. The Balaban J connectivity index is 2.70. The number of aromatic nitrogens is 2. The molecule has 27 heavy (non-hydrogen) atoms. The average molecular weight is 418 g/mol. The van der Waals surface area contributed by atoms with Crippen LogP contribution in [-0.4, -0.2) is 75.0 Å². The summed E-state index contributed by atoms with van der Waals surface area (Å²) in [6, 6.07) is -2.67. The molecule has 0 aliphatic rings. The molecule has 0 radical (unpaired) electrons. The molecule has 1 aromatic rings. The lowest BCUT2D eigenvalue weighted by molar-refractivity contribution is -0.142. The van der Waals surface area contributed by atoms with E-state index in [-0.39, 0.29) is 6.42 Å². The summed E-state index contributed by atoms with van der Waals surface area (Å²) in [5, 5.41) is 14.4. The molecule has 0 spiro atoms. The number of nitrogens with two attached hydrogens (primary N) is 1.